The Balaban J connectivity index is 0. The van der Waals surface area contributed by atoms with Crippen molar-refractivity contribution in [2.24, 2.45) is 0 Å². The third kappa shape index (κ3) is 8.15. The molecule has 0 atom stereocenters. The summed E-state index contributed by atoms with van der Waals surface area (Å²) < 4.78 is 0. The van der Waals surface area contributed by atoms with Gasteiger partial charge in [0.15, 0.2) is 0 Å². The molecule has 2 rings (SSSR count). The molecule has 0 saturated carbocycles. The minimum Gasteiger partial charge on any atom is -1.00 e. The van der Waals surface area contributed by atoms with E-state index in [-0.39, 0.29) is 31.0 Å². The molecule has 2 N–H and O–H groups in total. The number of benzene rings is 2. The summed E-state index contributed by atoms with van der Waals surface area (Å²) in [7, 11) is 0. The van der Waals surface area contributed by atoms with Crippen molar-refractivity contribution in [2.45, 2.75) is 0 Å². The van der Waals surface area contributed by atoms with Crippen LogP contribution in [0.1, 0.15) is 1.43 Å². The maximum Gasteiger partial charge on any atom is 1.00 e. The summed E-state index contributed by atoms with van der Waals surface area (Å²) in [4.78, 5) is 19.7. The van der Waals surface area contributed by atoms with Gasteiger partial charge in [-0.3, -0.25) is 9.59 Å². The molecule has 0 radical (unpaired) electrons. The summed E-state index contributed by atoms with van der Waals surface area (Å²) >= 11 is 0. The average molecular weight is 266 g/mol. The van der Waals surface area contributed by atoms with E-state index in [4.69, 9.17) is 0 Å². The largest absolute Gasteiger partial charge is 1.00 e. The van der Waals surface area contributed by atoms with Gasteiger partial charge in [-0.25, -0.2) is 0 Å². The summed E-state index contributed by atoms with van der Waals surface area (Å²) in [5.74, 6) is 0. The smallest absolute Gasteiger partial charge is 1.00 e. The number of rotatable bonds is 4. The van der Waals surface area contributed by atoms with E-state index in [0.717, 1.165) is 11.4 Å². The molecule has 0 aliphatic carbocycles. The van der Waals surface area contributed by atoms with E-state index in [1.165, 1.54) is 0 Å². The van der Waals surface area contributed by atoms with Crippen LogP contribution in [0.2, 0.25) is 0 Å². The summed E-state index contributed by atoms with van der Waals surface area (Å²) in [6.45, 7) is 0. The molecule has 0 saturated heterocycles. The fraction of sp³-hybridized carbons (Fsp3) is 0. The number of anilines is 2. The summed E-state index contributed by atoms with van der Waals surface area (Å²) in [6.07, 6.45) is 1.32. The maximum absolute atomic E-state index is 9.86. The van der Waals surface area contributed by atoms with Gasteiger partial charge in [0.2, 0.25) is 12.8 Å². The van der Waals surface area contributed by atoms with E-state index < -0.39 is 0 Å². The van der Waals surface area contributed by atoms with Gasteiger partial charge in [-0.05, 0) is 24.3 Å². The van der Waals surface area contributed by atoms with Gasteiger partial charge in [-0.2, -0.15) is 0 Å². The van der Waals surface area contributed by atoms with Gasteiger partial charge in [0, 0.05) is 11.4 Å². The molecule has 5 heteroatoms. The molecule has 2 aromatic carbocycles. The molecule has 0 fully saturated rings. The number of nitrogens with one attached hydrogen (secondary N) is 2. The number of carbonyl (C=O) groups is 2. The fourth-order valence-electron chi connectivity index (χ4n) is 1.20. The van der Waals surface area contributed by atoms with Crippen molar-refractivity contribution >= 4 is 24.2 Å². The van der Waals surface area contributed by atoms with Gasteiger partial charge >= 0.3 is 29.6 Å². The monoisotopic (exact) mass is 266 g/mol. The van der Waals surface area contributed by atoms with Gasteiger partial charge in [-0.15, -0.1) is 0 Å². The van der Waals surface area contributed by atoms with Crippen molar-refractivity contribution in [3.63, 3.8) is 0 Å². The Morgan fingerprint density at radius 2 is 1.00 bits per heavy atom. The van der Waals surface area contributed by atoms with Crippen LogP contribution < -0.4 is 40.2 Å². The first-order chi connectivity index (χ1) is 8.86. The second-order valence-corrected chi connectivity index (χ2v) is 3.26. The quantitative estimate of drug-likeness (QED) is 0.586. The third-order valence-corrected chi connectivity index (χ3v) is 2.00. The van der Waals surface area contributed by atoms with E-state index in [9.17, 15) is 9.59 Å². The summed E-state index contributed by atoms with van der Waals surface area (Å²) in [5, 5.41) is 5.05. The Morgan fingerprint density at radius 1 is 0.684 bits per heavy atom. The van der Waals surface area contributed by atoms with Crippen LogP contribution in [0.4, 0.5) is 11.4 Å². The van der Waals surface area contributed by atoms with E-state index in [1.54, 1.807) is 0 Å². The molecule has 94 valence electrons. The molecule has 19 heavy (non-hydrogen) atoms. The molecule has 0 heterocycles. The van der Waals surface area contributed by atoms with Gasteiger partial charge in [0.1, 0.15) is 0 Å². The van der Waals surface area contributed by atoms with Gasteiger partial charge in [0.25, 0.3) is 0 Å². The van der Waals surface area contributed by atoms with Crippen LogP contribution in [0.15, 0.2) is 60.7 Å². The molecular formula is C14H15N2NaO2. The molecule has 4 nitrogen and oxygen atoms in total. The zero-order valence-corrected chi connectivity index (χ0v) is 12.7. The first kappa shape index (κ1) is 17.4. The second-order valence-electron chi connectivity index (χ2n) is 3.26. The number of hydrogen-bond acceptors (Lipinski definition) is 2. The molecule has 0 bridgehead atoms. The zero-order chi connectivity index (χ0) is 13.1. The predicted octanol–water partition coefficient (Wildman–Crippen LogP) is -0.374. The number of carbonyl (C=O) groups excluding carboxylic acids is 2. The first-order valence-corrected chi connectivity index (χ1v) is 5.37. The van der Waals surface area contributed by atoms with Gasteiger partial charge < -0.3 is 12.1 Å². The van der Waals surface area contributed by atoms with E-state index >= 15 is 0 Å². The van der Waals surface area contributed by atoms with E-state index in [0.29, 0.717) is 12.8 Å². The van der Waals surface area contributed by atoms with E-state index in [2.05, 4.69) is 10.6 Å². The Kier molecular flexibility index (Phi) is 10.5. The topological polar surface area (TPSA) is 58.2 Å². The van der Waals surface area contributed by atoms with Crippen molar-refractivity contribution in [2.75, 3.05) is 10.6 Å². The second kappa shape index (κ2) is 11.5. The van der Waals surface area contributed by atoms with Crippen molar-refractivity contribution < 1.29 is 40.6 Å². The molecule has 0 spiro atoms. The number of amides is 2. The zero-order valence-electron chi connectivity index (χ0n) is 11.7. The summed E-state index contributed by atoms with van der Waals surface area (Å²) in [5.41, 5.74) is 1.65. The predicted molar refractivity (Wildman–Crippen MR) is 73.4 cm³/mol. The Labute approximate surface area is 136 Å². The van der Waals surface area contributed by atoms with Crippen molar-refractivity contribution in [1.82, 2.24) is 0 Å². The van der Waals surface area contributed by atoms with Gasteiger partial charge in [-0.1, -0.05) is 36.4 Å². The molecular weight excluding hydrogens is 251 g/mol. The molecule has 0 aliphatic heterocycles. The molecule has 2 aromatic rings. The van der Waals surface area contributed by atoms with Crippen LogP contribution in [0.5, 0.6) is 0 Å². The van der Waals surface area contributed by atoms with Crippen LogP contribution in [0.3, 0.4) is 0 Å². The van der Waals surface area contributed by atoms with Crippen LogP contribution in [0.25, 0.3) is 0 Å². The number of para-hydroxylation sites is 2. The Hall–Kier alpha value is -1.62. The first-order valence-electron chi connectivity index (χ1n) is 5.37. The maximum atomic E-state index is 9.86. The molecule has 0 aromatic heterocycles. The van der Waals surface area contributed by atoms with Crippen molar-refractivity contribution in [1.29, 1.82) is 0 Å². The average Bonchev–Trinajstić information content (AvgIpc) is 2.43. The molecule has 0 aliphatic rings. The van der Waals surface area contributed by atoms with Crippen molar-refractivity contribution in [3.8, 4) is 0 Å². The Bertz CT molecular complexity index is 424. The molecule has 2 amide bonds. The Morgan fingerprint density at radius 3 is 1.26 bits per heavy atom. The normalized spacial score (nSPS) is 8.00. The number of hydrogen-bond donors (Lipinski definition) is 2. The van der Waals surface area contributed by atoms with E-state index in [1.807, 2.05) is 60.7 Å². The SMILES string of the molecule is O=CNc1ccccc1.O=CNc1ccccc1.[H-].[Na+]. The minimum atomic E-state index is 0. The third-order valence-electron chi connectivity index (χ3n) is 2.00. The standard InChI is InChI=1S/2C7H7NO.Na.H/c2*9-6-8-7-4-2-1-3-5-7;;/h2*1-6H,(H,8,9);;/q;;+1;-1. The van der Waals surface area contributed by atoms with Crippen LogP contribution in [0, 0.1) is 0 Å². The van der Waals surface area contributed by atoms with Gasteiger partial charge in [0.05, 0.1) is 0 Å². The van der Waals surface area contributed by atoms with Crippen LogP contribution >= 0.6 is 0 Å². The minimum absolute atomic E-state index is 0. The summed E-state index contributed by atoms with van der Waals surface area (Å²) in [6, 6.07) is 18.6. The van der Waals surface area contributed by atoms with Crippen molar-refractivity contribution in [3.05, 3.63) is 60.7 Å². The van der Waals surface area contributed by atoms with Crippen LogP contribution in [-0.4, -0.2) is 12.8 Å². The van der Waals surface area contributed by atoms with Crippen LogP contribution in [-0.2, 0) is 9.59 Å². The fourth-order valence-corrected chi connectivity index (χ4v) is 1.20. The molecule has 0 unspecified atom stereocenters.